The van der Waals surface area contributed by atoms with Crippen LogP contribution in [0.1, 0.15) is 30.7 Å². The number of amides is 1. The number of benzene rings is 2. The summed E-state index contributed by atoms with van der Waals surface area (Å²) in [6.45, 7) is 3.73. The molecule has 1 aliphatic heterocycles. The smallest absolute Gasteiger partial charge is 0.304 e. The predicted molar refractivity (Wildman–Crippen MR) is 135 cm³/mol. The number of hydrogen-bond donors (Lipinski definition) is 2. The molecule has 0 radical (unpaired) electrons. The molecule has 1 saturated heterocycles. The van der Waals surface area contributed by atoms with Crippen molar-refractivity contribution in [2.75, 3.05) is 7.11 Å². The van der Waals surface area contributed by atoms with E-state index < -0.39 is 11.7 Å². The van der Waals surface area contributed by atoms with E-state index in [4.69, 9.17) is 9.47 Å². The average molecular weight is 487 g/mol. The van der Waals surface area contributed by atoms with Crippen LogP contribution in [0.3, 0.4) is 0 Å². The first-order chi connectivity index (χ1) is 17.4. The number of esters is 1. The van der Waals surface area contributed by atoms with Crippen LogP contribution in [0.5, 0.6) is 5.75 Å². The molecule has 1 amide bonds. The van der Waals surface area contributed by atoms with Crippen molar-refractivity contribution < 1.29 is 19.1 Å². The molecule has 2 aromatic carbocycles. The number of rotatable bonds is 9. The van der Waals surface area contributed by atoms with Crippen LogP contribution < -0.4 is 15.5 Å². The molecule has 8 heteroatoms. The Morgan fingerprint density at radius 1 is 1.06 bits per heavy atom. The van der Waals surface area contributed by atoms with E-state index in [9.17, 15) is 9.59 Å². The number of hydrazine groups is 1. The molecule has 1 aliphatic rings. The molecule has 3 aromatic rings. The van der Waals surface area contributed by atoms with Gasteiger partial charge < -0.3 is 14.8 Å². The summed E-state index contributed by atoms with van der Waals surface area (Å²) in [7, 11) is 1.61. The van der Waals surface area contributed by atoms with Gasteiger partial charge in [0.25, 0.3) is 5.91 Å². The Labute approximate surface area is 210 Å². The van der Waals surface area contributed by atoms with Gasteiger partial charge in [0.1, 0.15) is 5.75 Å². The van der Waals surface area contributed by atoms with Gasteiger partial charge in [0.05, 0.1) is 31.5 Å². The SMILES string of the molecule is COc1cccc(CC(NCc2ccccn2)=C2C(=O)N(Cc3ccccc3)NC2(C)OC(C)=O)c1. The summed E-state index contributed by atoms with van der Waals surface area (Å²) in [5.41, 5.74) is 5.44. The van der Waals surface area contributed by atoms with Crippen LogP contribution in [0, 0.1) is 0 Å². The number of aromatic nitrogens is 1. The van der Waals surface area contributed by atoms with E-state index >= 15 is 0 Å². The number of nitrogens with zero attached hydrogens (tertiary/aromatic N) is 2. The highest BCUT2D eigenvalue weighted by atomic mass is 16.6. The molecular weight excluding hydrogens is 456 g/mol. The quantitative estimate of drug-likeness (QED) is 0.353. The van der Waals surface area contributed by atoms with Crippen LogP contribution >= 0.6 is 0 Å². The third kappa shape index (κ3) is 5.90. The second kappa shape index (κ2) is 11.0. The van der Waals surface area contributed by atoms with Gasteiger partial charge in [-0.05, 0) is 42.3 Å². The highest BCUT2D eigenvalue weighted by molar-refractivity contribution is 5.98. The third-order valence-electron chi connectivity index (χ3n) is 5.84. The zero-order valence-electron chi connectivity index (χ0n) is 20.7. The summed E-state index contributed by atoms with van der Waals surface area (Å²) in [4.78, 5) is 30.3. The molecule has 8 nitrogen and oxygen atoms in total. The van der Waals surface area contributed by atoms with Crippen molar-refractivity contribution >= 4 is 11.9 Å². The van der Waals surface area contributed by atoms with Gasteiger partial charge in [0.2, 0.25) is 5.72 Å². The first-order valence-electron chi connectivity index (χ1n) is 11.7. The minimum absolute atomic E-state index is 0.269. The van der Waals surface area contributed by atoms with Crippen molar-refractivity contribution in [3.63, 3.8) is 0 Å². The number of carbonyl (C=O) groups excluding carboxylic acids is 2. The van der Waals surface area contributed by atoms with E-state index in [0.29, 0.717) is 36.5 Å². The molecule has 1 aromatic heterocycles. The summed E-state index contributed by atoms with van der Waals surface area (Å²) >= 11 is 0. The van der Waals surface area contributed by atoms with E-state index in [0.717, 1.165) is 16.8 Å². The lowest BCUT2D eigenvalue weighted by Crippen LogP contribution is -2.47. The van der Waals surface area contributed by atoms with Crippen LogP contribution in [0.25, 0.3) is 0 Å². The number of allylic oxidation sites excluding steroid dienone is 1. The molecule has 0 bridgehead atoms. The highest BCUT2D eigenvalue weighted by Crippen LogP contribution is 2.32. The molecule has 2 heterocycles. The van der Waals surface area contributed by atoms with E-state index in [2.05, 4.69) is 15.7 Å². The van der Waals surface area contributed by atoms with Crippen LogP contribution in [-0.2, 0) is 33.8 Å². The molecule has 1 fully saturated rings. The topological polar surface area (TPSA) is 92.8 Å². The number of carbonyl (C=O) groups is 2. The molecule has 0 saturated carbocycles. The van der Waals surface area contributed by atoms with Crippen molar-refractivity contribution in [2.24, 2.45) is 0 Å². The maximum Gasteiger partial charge on any atom is 0.304 e. The fourth-order valence-electron chi connectivity index (χ4n) is 4.28. The van der Waals surface area contributed by atoms with Crippen molar-refractivity contribution in [3.8, 4) is 5.75 Å². The molecule has 186 valence electrons. The fourth-order valence-corrected chi connectivity index (χ4v) is 4.28. The minimum Gasteiger partial charge on any atom is -0.497 e. The van der Waals surface area contributed by atoms with Gasteiger partial charge in [0.15, 0.2) is 0 Å². The van der Waals surface area contributed by atoms with Crippen LogP contribution in [-0.4, -0.2) is 34.7 Å². The number of ether oxygens (including phenoxy) is 2. The number of pyridine rings is 1. The Balaban J connectivity index is 1.75. The normalized spacial score (nSPS) is 18.6. The largest absolute Gasteiger partial charge is 0.497 e. The molecule has 2 N–H and O–H groups in total. The Bertz CT molecular complexity index is 1250. The first-order valence-corrected chi connectivity index (χ1v) is 11.7. The lowest BCUT2D eigenvalue weighted by molar-refractivity contribution is -0.156. The van der Waals surface area contributed by atoms with Gasteiger partial charge in [-0.15, -0.1) is 0 Å². The lowest BCUT2D eigenvalue weighted by Gasteiger charge is -2.27. The zero-order valence-corrected chi connectivity index (χ0v) is 20.7. The van der Waals surface area contributed by atoms with Gasteiger partial charge in [-0.2, -0.15) is 5.43 Å². The molecule has 1 atom stereocenters. The maximum absolute atomic E-state index is 13.8. The van der Waals surface area contributed by atoms with Crippen LogP contribution in [0.15, 0.2) is 90.3 Å². The Morgan fingerprint density at radius 3 is 2.50 bits per heavy atom. The number of methoxy groups -OCH3 is 1. The lowest BCUT2D eigenvalue weighted by atomic mass is 9.98. The van der Waals surface area contributed by atoms with E-state index in [-0.39, 0.29) is 5.91 Å². The maximum atomic E-state index is 13.8. The van der Waals surface area contributed by atoms with E-state index in [1.807, 2.05) is 72.8 Å². The molecule has 36 heavy (non-hydrogen) atoms. The predicted octanol–water partition coefficient (Wildman–Crippen LogP) is 3.50. The summed E-state index contributed by atoms with van der Waals surface area (Å²) < 4.78 is 11.1. The zero-order chi connectivity index (χ0) is 25.5. The van der Waals surface area contributed by atoms with E-state index in [1.54, 1.807) is 20.2 Å². The first kappa shape index (κ1) is 24.9. The van der Waals surface area contributed by atoms with E-state index in [1.165, 1.54) is 11.9 Å². The third-order valence-corrected chi connectivity index (χ3v) is 5.84. The van der Waals surface area contributed by atoms with Gasteiger partial charge in [-0.1, -0.05) is 48.5 Å². The molecule has 1 unspecified atom stereocenters. The Morgan fingerprint density at radius 2 is 1.81 bits per heavy atom. The van der Waals surface area contributed by atoms with Gasteiger partial charge in [0, 0.05) is 25.2 Å². The molecular formula is C28H30N4O4. The van der Waals surface area contributed by atoms with Crippen LogP contribution in [0.2, 0.25) is 0 Å². The molecule has 4 rings (SSSR count). The van der Waals surface area contributed by atoms with Gasteiger partial charge >= 0.3 is 5.97 Å². The average Bonchev–Trinajstić information content (AvgIpc) is 3.11. The summed E-state index contributed by atoms with van der Waals surface area (Å²) in [5, 5.41) is 4.89. The summed E-state index contributed by atoms with van der Waals surface area (Å²) in [5.74, 6) is -0.0535. The second-order valence-corrected chi connectivity index (χ2v) is 8.67. The summed E-state index contributed by atoms with van der Waals surface area (Å²) in [6, 6.07) is 22.9. The van der Waals surface area contributed by atoms with Crippen molar-refractivity contribution in [2.45, 2.75) is 39.1 Å². The monoisotopic (exact) mass is 486 g/mol. The Hall–Kier alpha value is -4.17. The molecule has 0 spiro atoms. The number of hydrogen-bond acceptors (Lipinski definition) is 7. The second-order valence-electron chi connectivity index (χ2n) is 8.67. The highest BCUT2D eigenvalue weighted by Gasteiger charge is 2.49. The Kier molecular flexibility index (Phi) is 7.65. The van der Waals surface area contributed by atoms with Crippen molar-refractivity contribution in [1.82, 2.24) is 20.7 Å². The summed E-state index contributed by atoms with van der Waals surface area (Å²) in [6.07, 6.45) is 2.11. The van der Waals surface area contributed by atoms with Gasteiger partial charge in [-0.25, -0.2) is 0 Å². The van der Waals surface area contributed by atoms with Crippen molar-refractivity contribution in [1.29, 1.82) is 0 Å². The van der Waals surface area contributed by atoms with Crippen molar-refractivity contribution in [3.05, 3.63) is 107 Å². The minimum atomic E-state index is -1.36. The number of nitrogens with one attached hydrogen (secondary N) is 2. The van der Waals surface area contributed by atoms with Gasteiger partial charge in [-0.3, -0.25) is 19.6 Å². The molecule has 0 aliphatic carbocycles. The standard InChI is InChI=1S/C28H30N4O4/c1-20(33)36-28(2)26(27(34)32(31-28)19-21-10-5-4-6-11-21)25(30-18-23-13-7-8-15-29-23)17-22-12-9-14-24(16-22)35-3/h4-16,30-31H,17-19H2,1-3H3. The van der Waals surface area contributed by atoms with Crippen LogP contribution in [0.4, 0.5) is 0 Å². The fraction of sp³-hybridized carbons (Fsp3) is 0.250.